The number of para-hydroxylation sites is 1. The maximum atomic E-state index is 14.5. The lowest BCUT2D eigenvalue weighted by molar-refractivity contribution is -0.384. The van der Waals surface area contributed by atoms with E-state index < -0.39 is 28.5 Å². The minimum absolute atomic E-state index is 0.0146. The van der Waals surface area contributed by atoms with Gasteiger partial charge in [-0.1, -0.05) is 84.1 Å². The molecule has 0 bridgehead atoms. The smallest absolute Gasteiger partial charge is 0.338 e. The topological polar surface area (TPSA) is 148 Å². The van der Waals surface area contributed by atoms with Crippen LogP contribution >= 0.6 is 11.3 Å². The van der Waals surface area contributed by atoms with E-state index in [9.17, 15) is 24.5 Å². The van der Waals surface area contributed by atoms with E-state index in [0.717, 1.165) is 22.6 Å². The molecule has 1 unspecified atom stereocenters. The zero-order valence-electron chi connectivity index (χ0n) is 27.8. The second-order valence-electron chi connectivity index (χ2n) is 11.8. The normalized spacial score (nSPS) is 14.0. The molecule has 2 aromatic heterocycles. The summed E-state index contributed by atoms with van der Waals surface area (Å²) in [7, 11) is 1.29. The molecule has 3 heterocycles. The Morgan fingerprint density at radius 2 is 1.65 bits per heavy atom. The Kier molecular flexibility index (Phi) is 9.25. The van der Waals surface area contributed by atoms with Crippen LogP contribution in [0.15, 0.2) is 136 Å². The fourth-order valence-corrected chi connectivity index (χ4v) is 6.99. The van der Waals surface area contributed by atoms with Crippen molar-refractivity contribution in [3.05, 3.63) is 179 Å². The highest BCUT2D eigenvalue weighted by molar-refractivity contribution is 7.07. The molecule has 1 aliphatic heterocycles. The third-order valence-corrected chi connectivity index (χ3v) is 9.47. The summed E-state index contributed by atoms with van der Waals surface area (Å²) in [6, 6.07) is 30.3. The van der Waals surface area contributed by atoms with Crippen molar-refractivity contribution in [1.82, 2.24) is 14.3 Å². The van der Waals surface area contributed by atoms with Crippen LogP contribution in [0.5, 0.6) is 0 Å². The molecule has 1 atom stereocenters. The summed E-state index contributed by atoms with van der Waals surface area (Å²) >= 11 is 1.13. The number of hydrogen-bond donors (Lipinski definition) is 0. The van der Waals surface area contributed by atoms with Gasteiger partial charge in [-0.3, -0.25) is 19.5 Å². The third-order valence-electron chi connectivity index (χ3n) is 8.48. The average molecular weight is 712 g/mol. The number of carbonyl (C=O) groups is 2. The summed E-state index contributed by atoms with van der Waals surface area (Å²) in [6.45, 7) is 1.71. The van der Waals surface area contributed by atoms with Crippen LogP contribution in [-0.2, 0) is 20.9 Å². The average Bonchev–Trinajstić information content (AvgIpc) is 3.74. The standard InChI is InChI=1S/C39H29N5O7S/c1-24-33(38(47)51-23-25-10-5-3-6-11-25)35(26-16-18-27(19-17-26)37(46)50-2)43-36(45)32(52-39(43)40-24)21-29-22-42(30-13-7-4-8-14-30)41-34(29)28-12-9-15-31(20-28)44(48)49/h3-22,35H,23H2,1-2H3. The molecule has 0 saturated heterocycles. The van der Waals surface area contributed by atoms with E-state index in [0.29, 0.717) is 43.0 Å². The fourth-order valence-electron chi connectivity index (χ4n) is 5.96. The summed E-state index contributed by atoms with van der Waals surface area (Å²) in [5.41, 5.74) is 3.87. The van der Waals surface area contributed by atoms with Crippen LogP contribution in [0.1, 0.15) is 40.0 Å². The molecule has 1 aliphatic rings. The Morgan fingerprint density at radius 1 is 0.942 bits per heavy atom. The van der Waals surface area contributed by atoms with Crippen LogP contribution in [0.3, 0.4) is 0 Å². The first-order valence-electron chi connectivity index (χ1n) is 16.0. The van der Waals surface area contributed by atoms with Gasteiger partial charge in [0.25, 0.3) is 11.2 Å². The lowest BCUT2D eigenvalue weighted by Crippen LogP contribution is -2.39. The number of ether oxygens (including phenoxy) is 2. The van der Waals surface area contributed by atoms with Crippen LogP contribution in [0.25, 0.3) is 23.0 Å². The molecule has 0 saturated carbocycles. The number of non-ortho nitro benzene ring substituents is 1. The second kappa shape index (κ2) is 14.2. The fraction of sp³-hybridized carbons (Fsp3) is 0.103. The molecule has 0 spiro atoms. The number of nitro benzene ring substituents is 1. The number of allylic oxidation sites excluding steroid dienone is 1. The zero-order valence-corrected chi connectivity index (χ0v) is 28.7. The highest BCUT2D eigenvalue weighted by Gasteiger charge is 2.34. The lowest BCUT2D eigenvalue weighted by Gasteiger charge is -2.25. The van der Waals surface area contributed by atoms with Crippen molar-refractivity contribution in [2.75, 3.05) is 7.11 Å². The quantitative estimate of drug-likeness (QED) is 0.108. The van der Waals surface area contributed by atoms with Gasteiger partial charge in [-0.25, -0.2) is 19.3 Å². The van der Waals surface area contributed by atoms with Gasteiger partial charge in [-0.05, 0) is 48.4 Å². The Labute approximate surface area is 300 Å². The van der Waals surface area contributed by atoms with Crippen molar-refractivity contribution < 1.29 is 24.0 Å². The molecule has 4 aromatic carbocycles. The molecule has 0 N–H and O–H groups in total. The molecule has 7 rings (SSSR count). The Hall–Kier alpha value is -6.73. The van der Waals surface area contributed by atoms with Crippen molar-refractivity contribution in [3.63, 3.8) is 0 Å². The molecule has 0 fully saturated rings. The first-order valence-corrected chi connectivity index (χ1v) is 16.9. The summed E-state index contributed by atoms with van der Waals surface area (Å²) in [5, 5.41) is 16.4. The highest BCUT2D eigenvalue weighted by atomic mass is 32.1. The number of nitro groups is 1. The van der Waals surface area contributed by atoms with Crippen LogP contribution in [0.2, 0.25) is 0 Å². The maximum Gasteiger partial charge on any atom is 0.338 e. The van der Waals surface area contributed by atoms with E-state index in [2.05, 4.69) is 0 Å². The van der Waals surface area contributed by atoms with Crippen molar-refractivity contribution in [3.8, 4) is 16.9 Å². The summed E-state index contributed by atoms with van der Waals surface area (Å²) < 4.78 is 14.0. The summed E-state index contributed by atoms with van der Waals surface area (Å²) in [6.07, 6.45) is 3.43. The van der Waals surface area contributed by atoms with Crippen molar-refractivity contribution in [2.45, 2.75) is 19.6 Å². The van der Waals surface area contributed by atoms with Crippen LogP contribution in [0, 0.1) is 10.1 Å². The molecular formula is C39H29N5O7S. The first-order chi connectivity index (χ1) is 25.2. The van der Waals surface area contributed by atoms with Crippen molar-refractivity contribution >= 4 is 35.0 Å². The number of rotatable bonds is 9. The molecule has 258 valence electrons. The van der Waals surface area contributed by atoms with E-state index in [4.69, 9.17) is 19.6 Å². The van der Waals surface area contributed by atoms with Crippen molar-refractivity contribution in [1.29, 1.82) is 0 Å². The van der Waals surface area contributed by atoms with Crippen molar-refractivity contribution in [2.24, 2.45) is 4.99 Å². The van der Waals surface area contributed by atoms with E-state index in [1.54, 1.807) is 60.3 Å². The largest absolute Gasteiger partial charge is 0.465 e. The highest BCUT2D eigenvalue weighted by Crippen LogP contribution is 2.32. The van der Waals surface area contributed by atoms with Crippen LogP contribution < -0.4 is 14.9 Å². The van der Waals surface area contributed by atoms with Gasteiger partial charge in [-0.2, -0.15) is 5.10 Å². The predicted molar refractivity (Wildman–Crippen MR) is 193 cm³/mol. The third kappa shape index (κ3) is 6.60. The number of fused-ring (bicyclic) bond motifs is 1. The van der Waals surface area contributed by atoms with Gasteiger partial charge in [0.2, 0.25) is 0 Å². The van der Waals surface area contributed by atoms with E-state index in [-0.39, 0.29) is 17.9 Å². The first kappa shape index (κ1) is 33.8. The summed E-state index contributed by atoms with van der Waals surface area (Å²) in [5.74, 6) is -1.17. The van der Waals surface area contributed by atoms with Gasteiger partial charge in [-0.15, -0.1) is 0 Å². The number of carbonyl (C=O) groups excluding carboxylic acids is 2. The van der Waals surface area contributed by atoms with Gasteiger partial charge in [0.05, 0.1) is 45.1 Å². The predicted octanol–water partition coefficient (Wildman–Crippen LogP) is 5.53. The van der Waals surface area contributed by atoms with Gasteiger partial charge >= 0.3 is 11.9 Å². The van der Waals surface area contributed by atoms with Crippen LogP contribution in [0.4, 0.5) is 5.69 Å². The Morgan fingerprint density at radius 3 is 2.35 bits per heavy atom. The van der Waals surface area contributed by atoms with E-state index in [1.807, 2.05) is 60.7 Å². The Bertz CT molecular complexity index is 2560. The summed E-state index contributed by atoms with van der Waals surface area (Å²) in [4.78, 5) is 56.7. The molecule has 12 nitrogen and oxygen atoms in total. The molecule has 0 amide bonds. The Balaban J connectivity index is 1.37. The molecule has 52 heavy (non-hydrogen) atoms. The molecule has 0 radical (unpaired) electrons. The lowest BCUT2D eigenvalue weighted by atomic mass is 9.95. The minimum Gasteiger partial charge on any atom is -0.465 e. The van der Waals surface area contributed by atoms with E-state index >= 15 is 0 Å². The number of thiazole rings is 1. The second-order valence-corrected chi connectivity index (χ2v) is 12.8. The number of methoxy groups -OCH3 is 1. The van der Waals surface area contributed by atoms with Gasteiger partial charge in [0.15, 0.2) is 4.80 Å². The number of esters is 2. The molecule has 0 aliphatic carbocycles. The van der Waals surface area contributed by atoms with Crippen LogP contribution in [-0.4, -0.2) is 38.3 Å². The van der Waals surface area contributed by atoms with Gasteiger partial charge < -0.3 is 9.47 Å². The number of aromatic nitrogens is 3. The number of nitrogens with zero attached hydrogens (tertiary/aromatic N) is 5. The number of benzene rings is 4. The van der Waals surface area contributed by atoms with Gasteiger partial charge in [0.1, 0.15) is 12.3 Å². The monoisotopic (exact) mass is 711 g/mol. The van der Waals surface area contributed by atoms with E-state index in [1.165, 1.54) is 23.8 Å². The SMILES string of the molecule is COC(=O)c1ccc(C2C(C(=O)OCc3ccccc3)=C(C)N=c3sc(=Cc4cn(-c5ccccc5)nc4-c4cccc([N+](=O)[O-])c4)c(=O)n32)cc1. The molecule has 13 heteroatoms. The number of hydrogen-bond acceptors (Lipinski definition) is 10. The minimum atomic E-state index is -0.934. The molecule has 6 aromatic rings. The molecular weight excluding hydrogens is 683 g/mol. The van der Waals surface area contributed by atoms with Gasteiger partial charge in [0, 0.05) is 29.5 Å². The maximum absolute atomic E-state index is 14.5. The zero-order chi connectivity index (χ0) is 36.4.